The summed E-state index contributed by atoms with van der Waals surface area (Å²) in [6.07, 6.45) is 4.21. The standard InChI is InChI=1S/C15H19N3O2/c1-11(19)14(8-7-12-5-3-2-4-6-12)18-9-13(15(16)20)17-10-18/h2-6,9-11,14,19H,7-8H2,1H3,(H2,16,20)/t11-,14+/m0/s1. The smallest absolute Gasteiger partial charge is 0.268 e. The normalized spacial score (nSPS) is 13.9. The zero-order chi connectivity index (χ0) is 14.5. The van der Waals surface area contributed by atoms with Gasteiger partial charge in [-0.2, -0.15) is 0 Å². The van der Waals surface area contributed by atoms with Crippen LogP contribution < -0.4 is 5.73 Å². The van der Waals surface area contributed by atoms with E-state index in [1.807, 2.05) is 18.2 Å². The number of amides is 1. The summed E-state index contributed by atoms with van der Waals surface area (Å²) in [5, 5.41) is 9.93. The number of primary amides is 1. The second kappa shape index (κ2) is 6.34. The second-order valence-corrected chi connectivity index (χ2v) is 4.90. The van der Waals surface area contributed by atoms with Gasteiger partial charge in [0.05, 0.1) is 18.5 Å². The first-order chi connectivity index (χ1) is 9.58. The van der Waals surface area contributed by atoms with Gasteiger partial charge in [0.15, 0.2) is 0 Å². The zero-order valence-electron chi connectivity index (χ0n) is 11.4. The second-order valence-electron chi connectivity index (χ2n) is 4.90. The van der Waals surface area contributed by atoms with Gasteiger partial charge in [0.25, 0.3) is 5.91 Å². The van der Waals surface area contributed by atoms with Gasteiger partial charge >= 0.3 is 0 Å². The first kappa shape index (κ1) is 14.3. The molecule has 0 radical (unpaired) electrons. The molecular weight excluding hydrogens is 254 g/mol. The highest BCUT2D eigenvalue weighted by Gasteiger charge is 2.18. The molecule has 2 aromatic rings. The molecule has 0 aliphatic heterocycles. The molecule has 0 saturated heterocycles. The number of carbonyl (C=O) groups excluding carboxylic acids is 1. The Labute approximate surface area is 118 Å². The van der Waals surface area contributed by atoms with E-state index < -0.39 is 12.0 Å². The SMILES string of the molecule is C[C@H](O)[C@@H](CCc1ccccc1)n1cnc(C(N)=O)c1. The van der Waals surface area contributed by atoms with E-state index in [-0.39, 0.29) is 11.7 Å². The van der Waals surface area contributed by atoms with Gasteiger partial charge in [0.2, 0.25) is 0 Å². The number of aromatic nitrogens is 2. The van der Waals surface area contributed by atoms with Gasteiger partial charge in [-0.05, 0) is 25.3 Å². The number of aliphatic hydroxyl groups excluding tert-OH is 1. The Hall–Kier alpha value is -2.14. The largest absolute Gasteiger partial charge is 0.391 e. The highest BCUT2D eigenvalue weighted by atomic mass is 16.3. The van der Waals surface area contributed by atoms with Crippen LogP contribution in [0.1, 0.15) is 35.4 Å². The average Bonchev–Trinajstić information content (AvgIpc) is 2.89. The first-order valence-corrected chi connectivity index (χ1v) is 6.63. The number of nitrogens with zero attached hydrogens (tertiary/aromatic N) is 2. The molecule has 2 atom stereocenters. The van der Waals surface area contributed by atoms with Crippen molar-refractivity contribution in [2.24, 2.45) is 5.73 Å². The van der Waals surface area contributed by atoms with Crippen LogP contribution in [0.2, 0.25) is 0 Å². The Bertz CT molecular complexity index is 564. The highest BCUT2D eigenvalue weighted by Crippen LogP contribution is 2.19. The lowest BCUT2D eigenvalue weighted by Crippen LogP contribution is -2.21. The van der Waals surface area contributed by atoms with Gasteiger partial charge < -0.3 is 15.4 Å². The molecule has 1 heterocycles. The van der Waals surface area contributed by atoms with Crippen LogP contribution in [0.3, 0.4) is 0 Å². The number of hydrogen-bond acceptors (Lipinski definition) is 3. The zero-order valence-corrected chi connectivity index (χ0v) is 11.4. The lowest BCUT2D eigenvalue weighted by molar-refractivity contribution is 0.0994. The molecule has 0 saturated carbocycles. The fourth-order valence-corrected chi connectivity index (χ4v) is 2.24. The minimum absolute atomic E-state index is 0.129. The number of hydrogen-bond donors (Lipinski definition) is 2. The van der Waals surface area contributed by atoms with Crippen molar-refractivity contribution in [3.63, 3.8) is 0 Å². The van der Waals surface area contributed by atoms with Crippen molar-refractivity contribution in [1.82, 2.24) is 9.55 Å². The molecule has 0 aliphatic carbocycles. The summed E-state index contributed by atoms with van der Waals surface area (Å²) in [5.74, 6) is -0.559. The summed E-state index contributed by atoms with van der Waals surface area (Å²) in [4.78, 5) is 15.0. The lowest BCUT2D eigenvalue weighted by atomic mass is 10.0. The minimum atomic E-state index is -0.559. The van der Waals surface area contributed by atoms with Crippen LogP contribution in [0.15, 0.2) is 42.9 Å². The molecule has 0 aliphatic rings. The van der Waals surface area contributed by atoms with Crippen molar-refractivity contribution in [2.75, 3.05) is 0 Å². The topological polar surface area (TPSA) is 81.1 Å². The van der Waals surface area contributed by atoms with Crippen LogP contribution in [0.4, 0.5) is 0 Å². The molecule has 1 aromatic heterocycles. The third-order valence-corrected chi connectivity index (χ3v) is 3.37. The quantitative estimate of drug-likeness (QED) is 0.837. The Morgan fingerprint density at radius 3 is 2.65 bits per heavy atom. The third-order valence-electron chi connectivity index (χ3n) is 3.37. The molecule has 3 N–H and O–H groups in total. The van der Waals surface area contributed by atoms with Crippen molar-refractivity contribution >= 4 is 5.91 Å². The molecule has 5 nitrogen and oxygen atoms in total. The van der Waals surface area contributed by atoms with Gasteiger partial charge in [0, 0.05) is 6.20 Å². The van der Waals surface area contributed by atoms with Crippen molar-refractivity contribution in [3.8, 4) is 0 Å². The van der Waals surface area contributed by atoms with Gasteiger partial charge in [-0.1, -0.05) is 30.3 Å². The molecule has 106 valence electrons. The van der Waals surface area contributed by atoms with E-state index in [2.05, 4.69) is 17.1 Å². The Morgan fingerprint density at radius 2 is 2.10 bits per heavy atom. The molecule has 1 aromatic carbocycles. The van der Waals surface area contributed by atoms with Crippen molar-refractivity contribution in [1.29, 1.82) is 0 Å². The van der Waals surface area contributed by atoms with E-state index in [0.29, 0.717) is 0 Å². The number of rotatable bonds is 6. The summed E-state index contributed by atoms with van der Waals surface area (Å²) < 4.78 is 1.76. The predicted octanol–water partition coefficient (Wildman–Crippen LogP) is 1.54. The molecular formula is C15H19N3O2. The third kappa shape index (κ3) is 3.45. The molecule has 0 unspecified atom stereocenters. The van der Waals surface area contributed by atoms with Crippen LogP contribution in [0.25, 0.3) is 0 Å². The van der Waals surface area contributed by atoms with E-state index in [1.54, 1.807) is 24.0 Å². The van der Waals surface area contributed by atoms with E-state index in [1.165, 1.54) is 5.56 Å². The number of imidazole rings is 1. The van der Waals surface area contributed by atoms with Crippen molar-refractivity contribution in [2.45, 2.75) is 31.9 Å². The van der Waals surface area contributed by atoms with Crippen molar-refractivity contribution < 1.29 is 9.90 Å². The fraction of sp³-hybridized carbons (Fsp3) is 0.333. The summed E-state index contributed by atoms with van der Waals surface area (Å²) in [6.45, 7) is 1.74. The molecule has 0 fully saturated rings. The van der Waals surface area contributed by atoms with Gasteiger partial charge in [-0.3, -0.25) is 4.79 Å². The molecule has 2 rings (SSSR count). The fourth-order valence-electron chi connectivity index (χ4n) is 2.24. The van der Waals surface area contributed by atoms with Crippen LogP contribution in [-0.4, -0.2) is 26.7 Å². The van der Waals surface area contributed by atoms with Crippen LogP contribution in [0.5, 0.6) is 0 Å². The minimum Gasteiger partial charge on any atom is -0.391 e. The van der Waals surface area contributed by atoms with Gasteiger partial charge in [0.1, 0.15) is 5.69 Å². The number of nitrogens with two attached hydrogens (primary N) is 1. The lowest BCUT2D eigenvalue weighted by Gasteiger charge is -2.21. The Kier molecular flexibility index (Phi) is 4.53. The average molecular weight is 273 g/mol. The Morgan fingerprint density at radius 1 is 1.40 bits per heavy atom. The predicted molar refractivity (Wildman–Crippen MR) is 76.2 cm³/mol. The van der Waals surface area contributed by atoms with Crippen LogP contribution in [-0.2, 0) is 6.42 Å². The first-order valence-electron chi connectivity index (χ1n) is 6.63. The summed E-state index contributed by atoms with van der Waals surface area (Å²) in [7, 11) is 0. The molecule has 5 heteroatoms. The number of aryl methyl sites for hydroxylation is 1. The van der Waals surface area contributed by atoms with Crippen molar-refractivity contribution in [3.05, 3.63) is 54.1 Å². The monoisotopic (exact) mass is 273 g/mol. The number of carbonyl (C=O) groups is 1. The highest BCUT2D eigenvalue weighted by molar-refractivity contribution is 5.90. The number of benzene rings is 1. The maximum atomic E-state index is 11.1. The molecule has 20 heavy (non-hydrogen) atoms. The summed E-state index contributed by atoms with van der Waals surface area (Å²) in [5.41, 5.74) is 6.63. The molecule has 1 amide bonds. The summed E-state index contributed by atoms with van der Waals surface area (Å²) >= 11 is 0. The number of aliphatic hydroxyl groups is 1. The van der Waals surface area contributed by atoms with Gasteiger partial charge in [-0.25, -0.2) is 4.98 Å². The van der Waals surface area contributed by atoms with E-state index >= 15 is 0 Å². The summed E-state index contributed by atoms with van der Waals surface area (Å²) in [6, 6.07) is 9.95. The maximum Gasteiger partial charge on any atom is 0.268 e. The van der Waals surface area contributed by atoms with E-state index in [0.717, 1.165) is 12.8 Å². The maximum absolute atomic E-state index is 11.1. The van der Waals surface area contributed by atoms with Gasteiger partial charge in [-0.15, -0.1) is 0 Å². The Balaban J connectivity index is 2.08. The van der Waals surface area contributed by atoms with E-state index in [4.69, 9.17) is 5.73 Å². The molecule has 0 spiro atoms. The molecule has 0 bridgehead atoms. The van der Waals surface area contributed by atoms with Crippen LogP contribution in [0, 0.1) is 0 Å². The van der Waals surface area contributed by atoms with E-state index in [9.17, 15) is 9.90 Å². The van der Waals surface area contributed by atoms with Crippen LogP contribution >= 0.6 is 0 Å².